The Balaban J connectivity index is 2.42. The van der Waals surface area contributed by atoms with Gasteiger partial charge in [0.15, 0.2) is 0 Å². The van der Waals surface area contributed by atoms with Crippen molar-refractivity contribution >= 4 is 0 Å². The second kappa shape index (κ2) is 3.23. The van der Waals surface area contributed by atoms with Gasteiger partial charge in [-0.05, 0) is 38.0 Å². The number of hydrogen-bond acceptors (Lipinski definition) is 0. The lowest BCUT2D eigenvalue weighted by atomic mass is 9.83. The van der Waals surface area contributed by atoms with Gasteiger partial charge in [0.2, 0.25) is 0 Å². The van der Waals surface area contributed by atoms with Gasteiger partial charge in [0, 0.05) is 0 Å². The lowest BCUT2D eigenvalue weighted by molar-refractivity contribution is 0.488. The molecule has 1 rings (SSSR count). The third kappa shape index (κ3) is 1.86. The average molecular weight is 137 g/mol. The van der Waals surface area contributed by atoms with Crippen LogP contribution in [-0.2, 0) is 0 Å². The van der Waals surface area contributed by atoms with Crippen LogP contribution in [0.3, 0.4) is 0 Å². The summed E-state index contributed by atoms with van der Waals surface area (Å²) in [6.45, 7) is 6.74. The van der Waals surface area contributed by atoms with E-state index >= 15 is 0 Å². The molecule has 0 aromatic carbocycles. The average Bonchev–Trinajstić information content (AvgIpc) is 1.88. The van der Waals surface area contributed by atoms with E-state index < -0.39 is 0 Å². The third-order valence-electron chi connectivity index (χ3n) is 2.45. The molecule has 1 atom stereocenters. The summed E-state index contributed by atoms with van der Waals surface area (Å²) in [5.74, 6) is 2.48. The van der Waals surface area contributed by atoms with E-state index in [1.54, 1.807) is 11.5 Å². The minimum atomic E-state index is 0.878. The van der Waals surface area contributed by atoms with Gasteiger partial charge in [0.25, 0.3) is 0 Å². The van der Waals surface area contributed by atoms with E-state index in [-0.39, 0.29) is 0 Å². The fraction of sp³-hybridized carbons (Fsp3) is 0.700. The van der Waals surface area contributed by atoms with Gasteiger partial charge in [-0.3, -0.25) is 0 Å². The van der Waals surface area contributed by atoms with Gasteiger partial charge in [0.1, 0.15) is 0 Å². The van der Waals surface area contributed by atoms with Crippen LogP contribution in [0.25, 0.3) is 0 Å². The molecule has 0 aliphatic heterocycles. The predicted molar refractivity (Wildman–Crippen MR) is 45.7 cm³/mol. The van der Waals surface area contributed by atoms with E-state index in [0.717, 1.165) is 5.92 Å². The minimum Gasteiger partial charge on any atom is -0.0853 e. The van der Waals surface area contributed by atoms with Crippen LogP contribution >= 0.6 is 0 Å². The molecule has 1 radical (unpaired) electrons. The molecule has 0 saturated heterocycles. The minimum absolute atomic E-state index is 0.878. The fourth-order valence-corrected chi connectivity index (χ4v) is 1.49. The molecule has 0 N–H and O–H groups in total. The van der Waals surface area contributed by atoms with Gasteiger partial charge >= 0.3 is 0 Å². The van der Waals surface area contributed by atoms with Crippen molar-refractivity contribution in [3.8, 4) is 0 Å². The lowest BCUT2D eigenvalue weighted by Crippen LogP contribution is -2.09. The van der Waals surface area contributed by atoms with Gasteiger partial charge < -0.3 is 0 Å². The third-order valence-corrected chi connectivity index (χ3v) is 2.45. The van der Waals surface area contributed by atoms with Crippen molar-refractivity contribution < 1.29 is 0 Å². The van der Waals surface area contributed by atoms with Crippen LogP contribution in [0.15, 0.2) is 11.6 Å². The summed E-state index contributed by atoms with van der Waals surface area (Å²) in [6.07, 6.45) is 6.37. The second-order valence-electron chi connectivity index (χ2n) is 3.60. The van der Waals surface area contributed by atoms with E-state index in [4.69, 9.17) is 0 Å². The fourth-order valence-electron chi connectivity index (χ4n) is 1.49. The first kappa shape index (κ1) is 7.84. The zero-order valence-corrected chi connectivity index (χ0v) is 7.28. The summed E-state index contributed by atoms with van der Waals surface area (Å²) in [5, 5.41) is 0. The summed E-state index contributed by atoms with van der Waals surface area (Å²) in [4.78, 5) is 0. The highest BCUT2D eigenvalue weighted by atomic mass is 14.2. The van der Waals surface area contributed by atoms with E-state index in [9.17, 15) is 0 Å². The highest BCUT2D eigenvalue weighted by Gasteiger charge is 2.15. The van der Waals surface area contributed by atoms with Crippen molar-refractivity contribution in [1.82, 2.24) is 0 Å². The highest BCUT2D eigenvalue weighted by Crippen LogP contribution is 2.29. The van der Waals surface area contributed by atoms with Crippen molar-refractivity contribution in [2.45, 2.75) is 40.0 Å². The Bertz CT molecular complexity index is 131. The van der Waals surface area contributed by atoms with E-state index in [1.807, 2.05) is 0 Å². The molecule has 0 fully saturated rings. The first-order valence-electron chi connectivity index (χ1n) is 4.16. The number of allylic oxidation sites excluding steroid dienone is 2. The SMILES string of the molecule is C[C](C)C1CC=C(C)CC1. The molecule has 0 bridgehead atoms. The summed E-state index contributed by atoms with van der Waals surface area (Å²) in [6, 6.07) is 0. The second-order valence-corrected chi connectivity index (χ2v) is 3.60. The quantitative estimate of drug-likeness (QED) is 0.486. The maximum Gasteiger partial charge on any atom is -0.0269 e. The van der Waals surface area contributed by atoms with Crippen LogP contribution in [0.1, 0.15) is 40.0 Å². The summed E-state index contributed by atoms with van der Waals surface area (Å²) >= 11 is 0. The van der Waals surface area contributed by atoms with Crippen molar-refractivity contribution in [2.75, 3.05) is 0 Å². The van der Waals surface area contributed by atoms with Crippen LogP contribution < -0.4 is 0 Å². The Labute approximate surface area is 64.3 Å². The molecular weight excluding hydrogens is 120 g/mol. The van der Waals surface area contributed by atoms with E-state index in [0.29, 0.717) is 0 Å². The summed E-state index contributed by atoms with van der Waals surface area (Å²) in [7, 11) is 0. The molecule has 0 aromatic heterocycles. The zero-order chi connectivity index (χ0) is 7.56. The standard InChI is InChI=1S/C10H17/c1-8(2)10-6-4-9(3)5-7-10/h4,10H,5-7H2,1-3H3. The van der Waals surface area contributed by atoms with Crippen LogP contribution in [0.4, 0.5) is 0 Å². The zero-order valence-electron chi connectivity index (χ0n) is 7.28. The topological polar surface area (TPSA) is 0 Å². The highest BCUT2D eigenvalue weighted by molar-refractivity contribution is 5.07. The van der Waals surface area contributed by atoms with E-state index in [1.165, 1.54) is 19.3 Å². The molecule has 0 amide bonds. The number of hydrogen-bond donors (Lipinski definition) is 0. The molecule has 57 valence electrons. The first-order chi connectivity index (χ1) is 4.70. The smallest absolute Gasteiger partial charge is 0.0269 e. The van der Waals surface area contributed by atoms with Crippen LogP contribution in [0.5, 0.6) is 0 Å². The Hall–Kier alpha value is -0.260. The molecule has 0 aromatic rings. The molecule has 10 heavy (non-hydrogen) atoms. The molecule has 1 aliphatic carbocycles. The van der Waals surface area contributed by atoms with Gasteiger partial charge in [-0.1, -0.05) is 25.5 Å². The maximum absolute atomic E-state index is 2.39. The number of rotatable bonds is 1. The lowest BCUT2D eigenvalue weighted by Gasteiger charge is -2.23. The molecule has 0 saturated carbocycles. The van der Waals surface area contributed by atoms with Gasteiger partial charge in [-0.2, -0.15) is 0 Å². The molecule has 1 unspecified atom stereocenters. The van der Waals surface area contributed by atoms with E-state index in [2.05, 4.69) is 26.8 Å². The van der Waals surface area contributed by atoms with Crippen molar-refractivity contribution in [3.05, 3.63) is 17.6 Å². The molecular formula is C10H17. The van der Waals surface area contributed by atoms with Gasteiger partial charge in [-0.25, -0.2) is 0 Å². The largest absolute Gasteiger partial charge is 0.0853 e. The Morgan fingerprint density at radius 1 is 1.50 bits per heavy atom. The molecule has 0 spiro atoms. The normalized spacial score (nSPS) is 26.8. The van der Waals surface area contributed by atoms with Gasteiger partial charge in [-0.15, -0.1) is 0 Å². The molecule has 0 heterocycles. The van der Waals surface area contributed by atoms with Crippen molar-refractivity contribution in [3.63, 3.8) is 0 Å². The summed E-state index contributed by atoms with van der Waals surface area (Å²) < 4.78 is 0. The molecule has 1 aliphatic rings. The van der Waals surface area contributed by atoms with Crippen molar-refractivity contribution in [1.29, 1.82) is 0 Å². The summed E-state index contributed by atoms with van der Waals surface area (Å²) in [5.41, 5.74) is 1.58. The predicted octanol–water partition coefficient (Wildman–Crippen LogP) is 3.35. The first-order valence-corrected chi connectivity index (χ1v) is 4.16. The molecule has 0 nitrogen and oxygen atoms in total. The van der Waals surface area contributed by atoms with Crippen LogP contribution in [0.2, 0.25) is 0 Å². The van der Waals surface area contributed by atoms with Crippen molar-refractivity contribution in [2.24, 2.45) is 5.92 Å². The Morgan fingerprint density at radius 2 is 2.20 bits per heavy atom. The van der Waals surface area contributed by atoms with Crippen LogP contribution in [0, 0.1) is 11.8 Å². The van der Waals surface area contributed by atoms with Gasteiger partial charge in [0.05, 0.1) is 0 Å². The Kier molecular flexibility index (Phi) is 2.53. The monoisotopic (exact) mass is 137 g/mol. The molecule has 0 heteroatoms. The van der Waals surface area contributed by atoms with Crippen LogP contribution in [-0.4, -0.2) is 0 Å². The Morgan fingerprint density at radius 3 is 2.60 bits per heavy atom. The maximum atomic E-state index is 2.39.